The third-order valence-electron chi connectivity index (χ3n) is 5.63. The van der Waals surface area contributed by atoms with E-state index in [0.717, 1.165) is 42.5 Å². The number of rotatable bonds is 4. The van der Waals surface area contributed by atoms with E-state index < -0.39 is 0 Å². The topological polar surface area (TPSA) is 28.5 Å². The molecule has 142 valence electrons. The van der Waals surface area contributed by atoms with Gasteiger partial charge in [0.05, 0.1) is 10.7 Å². The highest BCUT2D eigenvalue weighted by molar-refractivity contribution is 6.33. The molecule has 5 heteroatoms. The molecule has 1 aliphatic heterocycles. The fourth-order valence-electron chi connectivity index (χ4n) is 4.01. The molecule has 0 spiro atoms. The molecule has 4 rings (SSSR count). The Hall–Kier alpha value is -2.20. The van der Waals surface area contributed by atoms with Crippen LogP contribution in [0, 0.1) is 13.8 Å². The van der Waals surface area contributed by atoms with Crippen molar-refractivity contribution >= 4 is 29.3 Å². The van der Waals surface area contributed by atoms with Crippen LogP contribution in [0.3, 0.4) is 0 Å². The first-order valence-electron chi connectivity index (χ1n) is 9.69. The van der Waals surface area contributed by atoms with Crippen LogP contribution < -0.4 is 4.90 Å². The van der Waals surface area contributed by atoms with Crippen LogP contribution in [0.4, 0.5) is 5.69 Å². The first-order valence-corrected chi connectivity index (χ1v) is 10.1. The summed E-state index contributed by atoms with van der Waals surface area (Å²) in [4.78, 5) is 16.8. The smallest absolute Gasteiger partial charge is 0.246 e. The molecule has 4 nitrogen and oxygen atoms in total. The maximum absolute atomic E-state index is 12.6. The third-order valence-corrected chi connectivity index (χ3v) is 5.95. The van der Waals surface area contributed by atoms with E-state index in [9.17, 15) is 4.79 Å². The van der Waals surface area contributed by atoms with Crippen LogP contribution in [0.1, 0.15) is 35.8 Å². The van der Waals surface area contributed by atoms with Crippen molar-refractivity contribution in [1.82, 2.24) is 9.47 Å². The van der Waals surface area contributed by atoms with Gasteiger partial charge in [0, 0.05) is 49.7 Å². The van der Waals surface area contributed by atoms with Gasteiger partial charge in [-0.15, -0.1) is 0 Å². The number of hydrogen-bond acceptors (Lipinski definition) is 2. The first kappa shape index (κ1) is 18.2. The number of carbonyl (C=O) groups is 1. The number of amides is 1. The number of anilines is 1. The normalized spacial score (nSPS) is 17.7. The molecule has 2 fully saturated rings. The maximum atomic E-state index is 12.6. The van der Waals surface area contributed by atoms with Crippen molar-refractivity contribution in [2.24, 2.45) is 0 Å². The van der Waals surface area contributed by atoms with E-state index in [-0.39, 0.29) is 5.91 Å². The van der Waals surface area contributed by atoms with Crippen molar-refractivity contribution in [2.75, 3.05) is 31.1 Å². The summed E-state index contributed by atoms with van der Waals surface area (Å²) in [6, 6.07) is 10.7. The molecule has 1 aromatic carbocycles. The number of aromatic nitrogens is 1. The molecule has 1 amide bonds. The summed E-state index contributed by atoms with van der Waals surface area (Å²) in [5.74, 6) is 0.0880. The lowest BCUT2D eigenvalue weighted by Crippen LogP contribution is -2.48. The molecular weight excluding hydrogens is 358 g/mol. The molecule has 1 saturated carbocycles. The molecule has 27 heavy (non-hydrogen) atoms. The zero-order chi connectivity index (χ0) is 19.0. The Kier molecular flexibility index (Phi) is 5.00. The highest BCUT2D eigenvalue weighted by Crippen LogP contribution is 2.38. The average molecular weight is 384 g/mol. The number of nitrogens with zero attached hydrogens (tertiary/aromatic N) is 3. The van der Waals surface area contributed by atoms with Gasteiger partial charge < -0.3 is 14.4 Å². The number of halogens is 1. The third kappa shape index (κ3) is 3.77. The molecule has 2 heterocycles. The molecule has 2 aliphatic rings. The summed E-state index contributed by atoms with van der Waals surface area (Å²) in [5, 5.41) is 0.767. The van der Waals surface area contributed by atoms with Gasteiger partial charge in [0.25, 0.3) is 0 Å². The number of carbonyl (C=O) groups excluding carboxylic acids is 1. The van der Waals surface area contributed by atoms with Gasteiger partial charge in [0.1, 0.15) is 0 Å². The van der Waals surface area contributed by atoms with Gasteiger partial charge in [-0.25, -0.2) is 0 Å². The van der Waals surface area contributed by atoms with Gasteiger partial charge in [-0.05, 0) is 56.5 Å². The van der Waals surface area contributed by atoms with E-state index in [0.29, 0.717) is 6.04 Å². The van der Waals surface area contributed by atoms with Gasteiger partial charge in [-0.1, -0.05) is 23.7 Å². The fraction of sp³-hybridized carbons (Fsp3) is 0.409. The molecule has 0 unspecified atom stereocenters. The minimum Gasteiger partial charge on any atom is -0.367 e. The van der Waals surface area contributed by atoms with E-state index in [1.54, 1.807) is 6.08 Å². The summed E-state index contributed by atoms with van der Waals surface area (Å²) in [5.41, 5.74) is 4.76. The Bertz CT molecular complexity index is 874. The standard InChI is InChI=1S/C22H26ClN3O/c1-16-15-18(17(2)26(16)19-8-9-19)7-10-22(27)25-13-11-24(12-14-25)21-6-4-3-5-20(21)23/h3-7,10,15,19H,8-9,11-14H2,1-2H3/b10-7+. The molecule has 0 atom stereocenters. The van der Waals surface area contributed by atoms with Gasteiger partial charge in [-0.3, -0.25) is 4.79 Å². The van der Waals surface area contributed by atoms with Crippen LogP contribution in [-0.4, -0.2) is 41.6 Å². The number of benzene rings is 1. The lowest BCUT2D eigenvalue weighted by atomic mass is 10.2. The van der Waals surface area contributed by atoms with E-state index in [1.165, 1.54) is 24.2 Å². The van der Waals surface area contributed by atoms with Crippen molar-refractivity contribution in [3.8, 4) is 0 Å². The van der Waals surface area contributed by atoms with Crippen LogP contribution in [-0.2, 0) is 4.79 Å². The van der Waals surface area contributed by atoms with Crippen molar-refractivity contribution in [2.45, 2.75) is 32.7 Å². The second-order valence-corrected chi connectivity index (χ2v) is 7.93. The van der Waals surface area contributed by atoms with Crippen LogP contribution in [0.2, 0.25) is 5.02 Å². The minimum absolute atomic E-state index is 0.0880. The number of hydrogen-bond donors (Lipinski definition) is 0. The summed E-state index contributed by atoms with van der Waals surface area (Å²) >= 11 is 6.29. The summed E-state index contributed by atoms with van der Waals surface area (Å²) in [6.07, 6.45) is 6.25. The predicted molar refractivity (Wildman–Crippen MR) is 111 cm³/mol. The van der Waals surface area contributed by atoms with Crippen LogP contribution in [0.15, 0.2) is 36.4 Å². The SMILES string of the molecule is Cc1cc(/C=C/C(=O)N2CCN(c3ccccc3Cl)CC2)c(C)n1C1CC1. The molecule has 1 saturated heterocycles. The largest absolute Gasteiger partial charge is 0.367 e. The zero-order valence-corrected chi connectivity index (χ0v) is 16.7. The Morgan fingerprint density at radius 2 is 1.81 bits per heavy atom. The highest BCUT2D eigenvalue weighted by atomic mass is 35.5. The minimum atomic E-state index is 0.0880. The molecule has 2 aromatic rings. The lowest BCUT2D eigenvalue weighted by Gasteiger charge is -2.36. The van der Waals surface area contributed by atoms with Crippen molar-refractivity contribution < 1.29 is 4.79 Å². The summed E-state index contributed by atoms with van der Waals surface area (Å²) in [7, 11) is 0. The van der Waals surface area contributed by atoms with Gasteiger partial charge >= 0.3 is 0 Å². The van der Waals surface area contributed by atoms with Gasteiger partial charge in [0.2, 0.25) is 5.91 Å². The maximum Gasteiger partial charge on any atom is 0.246 e. The summed E-state index contributed by atoms with van der Waals surface area (Å²) < 4.78 is 2.41. The molecule has 0 N–H and O–H groups in total. The second kappa shape index (κ2) is 7.43. The predicted octanol–water partition coefficient (Wildman–Crippen LogP) is 4.46. The lowest BCUT2D eigenvalue weighted by molar-refractivity contribution is -0.126. The van der Waals surface area contributed by atoms with Crippen LogP contribution in [0.25, 0.3) is 6.08 Å². The van der Waals surface area contributed by atoms with E-state index in [1.807, 2.05) is 35.2 Å². The number of para-hydroxylation sites is 1. The average Bonchev–Trinajstić information content (AvgIpc) is 3.46. The van der Waals surface area contributed by atoms with Gasteiger partial charge in [0.15, 0.2) is 0 Å². The van der Waals surface area contributed by atoms with E-state index in [2.05, 4.69) is 29.4 Å². The van der Waals surface area contributed by atoms with Crippen molar-refractivity contribution in [3.63, 3.8) is 0 Å². The molecule has 1 aliphatic carbocycles. The second-order valence-electron chi connectivity index (χ2n) is 7.52. The van der Waals surface area contributed by atoms with E-state index >= 15 is 0 Å². The Balaban J connectivity index is 1.38. The summed E-state index contributed by atoms with van der Waals surface area (Å²) in [6.45, 7) is 7.35. The molecule has 0 bridgehead atoms. The van der Waals surface area contributed by atoms with Gasteiger partial charge in [-0.2, -0.15) is 0 Å². The number of piperazine rings is 1. The van der Waals surface area contributed by atoms with Crippen LogP contribution in [0.5, 0.6) is 0 Å². The molecular formula is C22H26ClN3O. The highest BCUT2D eigenvalue weighted by Gasteiger charge is 2.26. The van der Waals surface area contributed by atoms with Crippen LogP contribution >= 0.6 is 11.6 Å². The quantitative estimate of drug-likeness (QED) is 0.729. The zero-order valence-electron chi connectivity index (χ0n) is 16.0. The molecule has 1 aromatic heterocycles. The Labute approximate surface area is 166 Å². The Morgan fingerprint density at radius 3 is 2.48 bits per heavy atom. The van der Waals surface area contributed by atoms with Crippen molar-refractivity contribution in [3.05, 3.63) is 58.4 Å². The number of aryl methyl sites for hydroxylation is 1. The van der Waals surface area contributed by atoms with Crippen molar-refractivity contribution in [1.29, 1.82) is 0 Å². The fourth-order valence-corrected chi connectivity index (χ4v) is 4.26. The monoisotopic (exact) mass is 383 g/mol. The Morgan fingerprint density at radius 1 is 1.11 bits per heavy atom. The first-order chi connectivity index (χ1) is 13.0. The molecule has 0 radical (unpaired) electrons. The van der Waals surface area contributed by atoms with E-state index in [4.69, 9.17) is 11.6 Å².